The third-order valence-electron chi connectivity index (χ3n) is 3.71. The van der Waals surface area contributed by atoms with Crippen molar-refractivity contribution in [2.75, 3.05) is 0 Å². The van der Waals surface area contributed by atoms with Gasteiger partial charge in [0.25, 0.3) is 0 Å². The largest absolute Gasteiger partial charge is 0.508 e. The Hall–Kier alpha value is -2.81. The summed E-state index contributed by atoms with van der Waals surface area (Å²) in [5, 5.41) is 18.6. The molecule has 22 heavy (non-hydrogen) atoms. The molecule has 1 saturated carbocycles. The van der Waals surface area contributed by atoms with E-state index in [1.54, 1.807) is 48.5 Å². The third-order valence-corrected chi connectivity index (χ3v) is 3.71. The average Bonchev–Trinajstić information content (AvgIpc) is 2.85. The van der Waals surface area contributed by atoms with Gasteiger partial charge in [0, 0.05) is 11.1 Å². The number of allylic oxidation sites excluding steroid dienone is 2. The number of phenolic OH excluding ortho intramolecular Hbond substituents is 2. The molecule has 0 bridgehead atoms. The van der Waals surface area contributed by atoms with Gasteiger partial charge in [-0.3, -0.25) is 4.79 Å². The standard InChI is InChI=1S/C19H16O3/c20-17-7-1-13(2-8-17)11-15-5-6-16(19(15)22)12-14-3-9-18(21)10-4-14/h1-4,7-12,20-21H,5-6H2/b15-11-,16-12-. The second-order valence-electron chi connectivity index (χ2n) is 5.35. The highest BCUT2D eigenvalue weighted by Crippen LogP contribution is 2.30. The molecular formula is C19H16O3. The fraction of sp³-hybridized carbons (Fsp3) is 0.105. The van der Waals surface area contributed by atoms with Gasteiger partial charge in [0.1, 0.15) is 11.5 Å². The molecule has 0 saturated heterocycles. The Labute approximate surface area is 128 Å². The quantitative estimate of drug-likeness (QED) is 0.825. The van der Waals surface area contributed by atoms with Gasteiger partial charge in [-0.05, 0) is 60.4 Å². The van der Waals surface area contributed by atoms with E-state index in [0.717, 1.165) is 35.1 Å². The summed E-state index contributed by atoms with van der Waals surface area (Å²) in [6, 6.07) is 13.6. The van der Waals surface area contributed by atoms with Crippen molar-refractivity contribution >= 4 is 17.9 Å². The first kappa shape index (κ1) is 14.1. The zero-order valence-corrected chi connectivity index (χ0v) is 12.0. The molecule has 0 heterocycles. The molecule has 0 atom stereocenters. The first-order valence-corrected chi connectivity index (χ1v) is 7.16. The average molecular weight is 292 g/mol. The molecule has 3 rings (SSSR count). The van der Waals surface area contributed by atoms with Crippen LogP contribution in [0.2, 0.25) is 0 Å². The van der Waals surface area contributed by atoms with Crippen molar-refractivity contribution in [3.05, 3.63) is 70.8 Å². The maximum absolute atomic E-state index is 12.4. The third kappa shape index (κ3) is 3.09. The highest BCUT2D eigenvalue weighted by molar-refractivity contribution is 6.15. The van der Waals surface area contributed by atoms with Crippen LogP contribution in [0, 0.1) is 0 Å². The lowest BCUT2D eigenvalue weighted by Crippen LogP contribution is -1.95. The van der Waals surface area contributed by atoms with Crippen molar-refractivity contribution in [3.8, 4) is 11.5 Å². The molecule has 3 nitrogen and oxygen atoms in total. The van der Waals surface area contributed by atoms with E-state index in [1.165, 1.54) is 0 Å². The first-order chi connectivity index (χ1) is 10.6. The van der Waals surface area contributed by atoms with Crippen molar-refractivity contribution in [3.63, 3.8) is 0 Å². The number of phenols is 2. The summed E-state index contributed by atoms with van der Waals surface area (Å²) in [7, 11) is 0. The van der Waals surface area contributed by atoms with Gasteiger partial charge in [-0.1, -0.05) is 24.3 Å². The number of Topliss-reactive ketones (excluding diaryl/α,β-unsaturated/α-hetero) is 1. The van der Waals surface area contributed by atoms with E-state index in [1.807, 2.05) is 12.2 Å². The smallest absolute Gasteiger partial charge is 0.185 e. The van der Waals surface area contributed by atoms with Crippen molar-refractivity contribution in [1.82, 2.24) is 0 Å². The Morgan fingerprint density at radius 3 is 1.41 bits per heavy atom. The molecule has 0 unspecified atom stereocenters. The summed E-state index contributed by atoms with van der Waals surface area (Å²) in [5.41, 5.74) is 3.39. The summed E-state index contributed by atoms with van der Waals surface area (Å²) in [5.74, 6) is 0.502. The Bertz CT molecular complexity index is 685. The number of hydrogen-bond acceptors (Lipinski definition) is 3. The van der Waals surface area contributed by atoms with Crippen LogP contribution in [0.3, 0.4) is 0 Å². The fourth-order valence-corrected chi connectivity index (χ4v) is 2.52. The predicted molar refractivity (Wildman–Crippen MR) is 86.4 cm³/mol. The van der Waals surface area contributed by atoms with Gasteiger partial charge in [-0.2, -0.15) is 0 Å². The molecule has 0 aliphatic heterocycles. The maximum Gasteiger partial charge on any atom is 0.185 e. The number of carbonyl (C=O) groups excluding carboxylic acids is 1. The van der Waals surface area contributed by atoms with Crippen molar-refractivity contribution in [1.29, 1.82) is 0 Å². The number of benzene rings is 2. The number of rotatable bonds is 2. The zero-order chi connectivity index (χ0) is 15.5. The van der Waals surface area contributed by atoms with Crippen LogP contribution >= 0.6 is 0 Å². The summed E-state index contributed by atoms with van der Waals surface area (Å²) in [6.45, 7) is 0. The van der Waals surface area contributed by atoms with Crippen molar-refractivity contribution in [2.45, 2.75) is 12.8 Å². The van der Waals surface area contributed by atoms with Crippen LogP contribution < -0.4 is 0 Å². The van der Waals surface area contributed by atoms with Crippen LogP contribution in [0.1, 0.15) is 24.0 Å². The molecule has 1 aliphatic carbocycles. The first-order valence-electron chi connectivity index (χ1n) is 7.16. The zero-order valence-electron chi connectivity index (χ0n) is 12.0. The van der Waals surface area contributed by atoms with Crippen LogP contribution in [0.25, 0.3) is 12.2 Å². The topological polar surface area (TPSA) is 57.5 Å². The highest BCUT2D eigenvalue weighted by Gasteiger charge is 2.22. The Balaban J connectivity index is 1.82. The lowest BCUT2D eigenvalue weighted by atomic mass is 10.1. The normalized spacial score (nSPS) is 18.3. The molecule has 3 heteroatoms. The molecule has 0 aromatic heterocycles. The van der Waals surface area contributed by atoms with E-state index in [-0.39, 0.29) is 17.3 Å². The molecular weight excluding hydrogens is 276 g/mol. The minimum atomic E-state index is 0.0705. The summed E-state index contributed by atoms with van der Waals surface area (Å²) in [4.78, 5) is 12.4. The minimum Gasteiger partial charge on any atom is -0.508 e. The molecule has 0 spiro atoms. The van der Waals surface area contributed by atoms with Gasteiger partial charge < -0.3 is 10.2 Å². The number of hydrogen-bond donors (Lipinski definition) is 2. The van der Waals surface area contributed by atoms with Gasteiger partial charge in [0.05, 0.1) is 0 Å². The van der Waals surface area contributed by atoms with Crippen LogP contribution in [0.4, 0.5) is 0 Å². The van der Waals surface area contributed by atoms with Gasteiger partial charge in [0.15, 0.2) is 5.78 Å². The van der Waals surface area contributed by atoms with E-state index in [4.69, 9.17) is 0 Å². The second kappa shape index (κ2) is 5.90. The Morgan fingerprint density at radius 1 is 0.682 bits per heavy atom. The molecule has 2 aromatic carbocycles. The van der Waals surface area contributed by atoms with E-state index in [2.05, 4.69) is 0 Å². The van der Waals surface area contributed by atoms with Gasteiger partial charge in [-0.25, -0.2) is 0 Å². The predicted octanol–water partition coefficient (Wildman–Crippen LogP) is 3.93. The lowest BCUT2D eigenvalue weighted by molar-refractivity contribution is -0.111. The lowest BCUT2D eigenvalue weighted by Gasteiger charge is -1.98. The Morgan fingerprint density at radius 2 is 1.05 bits per heavy atom. The molecule has 0 amide bonds. The summed E-state index contributed by atoms with van der Waals surface area (Å²) in [6.07, 6.45) is 5.20. The molecule has 1 aliphatic rings. The maximum atomic E-state index is 12.4. The minimum absolute atomic E-state index is 0.0705. The summed E-state index contributed by atoms with van der Waals surface area (Å²) >= 11 is 0. The van der Waals surface area contributed by atoms with E-state index in [0.29, 0.717) is 0 Å². The molecule has 2 N–H and O–H groups in total. The SMILES string of the molecule is O=C1/C(=C\c2ccc(O)cc2)CC/C1=C/c1ccc(O)cc1. The molecule has 1 fully saturated rings. The van der Waals surface area contributed by atoms with Crippen LogP contribution in [-0.4, -0.2) is 16.0 Å². The van der Waals surface area contributed by atoms with Crippen molar-refractivity contribution in [2.24, 2.45) is 0 Å². The molecule has 2 aromatic rings. The number of carbonyl (C=O) groups is 1. The number of aromatic hydroxyl groups is 2. The van der Waals surface area contributed by atoms with Crippen LogP contribution in [0.15, 0.2) is 59.7 Å². The van der Waals surface area contributed by atoms with Gasteiger partial charge in [-0.15, -0.1) is 0 Å². The van der Waals surface area contributed by atoms with Crippen LogP contribution in [-0.2, 0) is 4.79 Å². The van der Waals surface area contributed by atoms with E-state index >= 15 is 0 Å². The van der Waals surface area contributed by atoms with Gasteiger partial charge in [0.2, 0.25) is 0 Å². The van der Waals surface area contributed by atoms with E-state index < -0.39 is 0 Å². The molecule has 0 radical (unpaired) electrons. The second-order valence-corrected chi connectivity index (χ2v) is 5.35. The summed E-state index contributed by atoms with van der Waals surface area (Å²) < 4.78 is 0. The number of ketones is 1. The fourth-order valence-electron chi connectivity index (χ4n) is 2.52. The highest BCUT2D eigenvalue weighted by atomic mass is 16.3. The monoisotopic (exact) mass is 292 g/mol. The van der Waals surface area contributed by atoms with Crippen molar-refractivity contribution < 1.29 is 15.0 Å². The van der Waals surface area contributed by atoms with E-state index in [9.17, 15) is 15.0 Å². The van der Waals surface area contributed by atoms with Crippen LogP contribution in [0.5, 0.6) is 11.5 Å². The molecule has 110 valence electrons. The van der Waals surface area contributed by atoms with Gasteiger partial charge >= 0.3 is 0 Å². The Kier molecular flexibility index (Phi) is 3.79.